The van der Waals surface area contributed by atoms with Crippen molar-refractivity contribution < 1.29 is 4.74 Å². The molecule has 1 aliphatic heterocycles. The predicted octanol–water partition coefficient (Wildman–Crippen LogP) is 3.30. The van der Waals surface area contributed by atoms with Gasteiger partial charge in [-0.3, -0.25) is 4.99 Å². The van der Waals surface area contributed by atoms with E-state index in [1.807, 2.05) is 12.3 Å². The van der Waals surface area contributed by atoms with Crippen LogP contribution < -0.4 is 20.3 Å². The molecule has 0 aliphatic carbocycles. The van der Waals surface area contributed by atoms with Crippen LogP contribution in [-0.4, -0.2) is 44.7 Å². The third-order valence-electron chi connectivity index (χ3n) is 5.30. The SMILES string of the molecule is CN=C(NCCc1cc(C)ccc1OC)NCc1ccnc(N2CCCCC2)c1. The first-order chi connectivity index (χ1) is 14.2. The minimum absolute atomic E-state index is 0.719. The molecule has 3 rings (SSSR count). The minimum Gasteiger partial charge on any atom is -0.496 e. The number of piperidine rings is 1. The molecule has 1 saturated heterocycles. The Kier molecular flexibility index (Phi) is 7.73. The van der Waals surface area contributed by atoms with Crippen LogP contribution in [0.2, 0.25) is 0 Å². The smallest absolute Gasteiger partial charge is 0.191 e. The third-order valence-corrected chi connectivity index (χ3v) is 5.30. The molecule has 6 nitrogen and oxygen atoms in total. The fourth-order valence-electron chi connectivity index (χ4n) is 3.69. The Bertz CT molecular complexity index is 815. The molecule has 1 aromatic carbocycles. The number of aromatic nitrogens is 1. The van der Waals surface area contributed by atoms with Crippen molar-refractivity contribution in [2.24, 2.45) is 4.99 Å². The monoisotopic (exact) mass is 395 g/mol. The molecular formula is C23H33N5O. The van der Waals surface area contributed by atoms with Crippen LogP contribution in [0.5, 0.6) is 5.75 Å². The van der Waals surface area contributed by atoms with Crippen molar-refractivity contribution in [3.05, 3.63) is 53.2 Å². The zero-order valence-electron chi connectivity index (χ0n) is 17.9. The van der Waals surface area contributed by atoms with Gasteiger partial charge in [0.15, 0.2) is 5.96 Å². The number of benzene rings is 1. The summed E-state index contributed by atoms with van der Waals surface area (Å²) in [6.45, 7) is 5.82. The second-order valence-corrected chi connectivity index (χ2v) is 7.49. The molecule has 1 aliphatic rings. The largest absolute Gasteiger partial charge is 0.496 e. The van der Waals surface area contributed by atoms with Crippen LogP contribution in [0.25, 0.3) is 0 Å². The number of nitrogens with zero attached hydrogens (tertiary/aromatic N) is 3. The summed E-state index contributed by atoms with van der Waals surface area (Å²) >= 11 is 0. The number of guanidine groups is 1. The Morgan fingerprint density at radius 2 is 1.97 bits per heavy atom. The van der Waals surface area contributed by atoms with Gasteiger partial charge in [-0.2, -0.15) is 0 Å². The van der Waals surface area contributed by atoms with Crippen molar-refractivity contribution in [1.82, 2.24) is 15.6 Å². The van der Waals surface area contributed by atoms with E-state index in [0.29, 0.717) is 0 Å². The lowest BCUT2D eigenvalue weighted by Gasteiger charge is -2.28. The van der Waals surface area contributed by atoms with Crippen molar-refractivity contribution in [2.45, 2.75) is 39.2 Å². The van der Waals surface area contributed by atoms with Crippen LogP contribution in [0, 0.1) is 6.92 Å². The van der Waals surface area contributed by atoms with Crippen LogP contribution in [0.15, 0.2) is 41.5 Å². The zero-order chi connectivity index (χ0) is 20.5. The molecule has 0 amide bonds. The lowest BCUT2D eigenvalue weighted by atomic mass is 10.1. The molecule has 156 valence electrons. The van der Waals surface area contributed by atoms with E-state index in [0.717, 1.165) is 50.1 Å². The van der Waals surface area contributed by atoms with E-state index in [9.17, 15) is 0 Å². The molecule has 6 heteroatoms. The maximum absolute atomic E-state index is 5.47. The minimum atomic E-state index is 0.719. The summed E-state index contributed by atoms with van der Waals surface area (Å²) in [6, 6.07) is 10.5. The fourth-order valence-corrected chi connectivity index (χ4v) is 3.69. The van der Waals surface area contributed by atoms with Crippen LogP contribution in [0.1, 0.15) is 36.0 Å². The lowest BCUT2D eigenvalue weighted by Crippen LogP contribution is -2.38. The highest BCUT2D eigenvalue weighted by Gasteiger charge is 2.12. The molecule has 29 heavy (non-hydrogen) atoms. The molecule has 0 bridgehead atoms. The molecule has 0 atom stereocenters. The number of ether oxygens (including phenoxy) is 1. The normalized spacial score (nSPS) is 14.6. The first-order valence-corrected chi connectivity index (χ1v) is 10.5. The lowest BCUT2D eigenvalue weighted by molar-refractivity contribution is 0.409. The van der Waals surface area contributed by atoms with E-state index in [2.05, 4.69) is 56.7 Å². The number of methoxy groups -OCH3 is 1. The quantitative estimate of drug-likeness (QED) is 0.556. The Balaban J connectivity index is 1.50. The topological polar surface area (TPSA) is 61.8 Å². The van der Waals surface area contributed by atoms with E-state index in [1.165, 1.54) is 36.0 Å². The number of hydrogen-bond donors (Lipinski definition) is 2. The van der Waals surface area contributed by atoms with Crippen LogP contribution in [-0.2, 0) is 13.0 Å². The van der Waals surface area contributed by atoms with Crippen molar-refractivity contribution in [2.75, 3.05) is 38.7 Å². The Morgan fingerprint density at radius 1 is 1.14 bits per heavy atom. The average molecular weight is 396 g/mol. The van der Waals surface area contributed by atoms with E-state index in [4.69, 9.17) is 4.74 Å². The van der Waals surface area contributed by atoms with E-state index >= 15 is 0 Å². The standard InChI is InChI=1S/C23H33N5O/c1-18-7-8-21(29-3)20(15-18)10-12-26-23(24-2)27-17-19-9-11-25-22(16-19)28-13-5-4-6-14-28/h7-9,11,15-16H,4-6,10,12-14,17H2,1-3H3,(H2,24,26,27). The Hall–Kier alpha value is -2.76. The van der Waals surface area contributed by atoms with Gasteiger partial charge in [-0.25, -0.2) is 4.98 Å². The molecule has 1 fully saturated rings. The molecule has 2 heterocycles. The highest BCUT2D eigenvalue weighted by Crippen LogP contribution is 2.20. The molecule has 1 aromatic heterocycles. The summed E-state index contributed by atoms with van der Waals surface area (Å²) in [5.41, 5.74) is 3.66. The summed E-state index contributed by atoms with van der Waals surface area (Å²) < 4.78 is 5.47. The van der Waals surface area contributed by atoms with Crippen molar-refractivity contribution >= 4 is 11.8 Å². The molecule has 0 unspecified atom stereocenters. The maximum Gasteiger partial charge on any atom is 0.191 e. The van der Waals surface area contributed by atoms with Gasteiger partial charge in [0, 0.05) is 39.4 Å². The second-order valence-electron chi connectivity index (χ2n) is 7.49. The van der Waals surface area contributed by atoms with E-state index in [1.54, 1.807) is 14.2 Å². The molecule has 0 radical (unpaired) electrons. The van der Waals surface area contributed by atoms with Gasteiger partial charge in [-0.15, -0.1) is 0 Å². The number of pyridine rings is 1. The van der Waals surface area contributed by atoms with Gasteiger partial charge in [0.2, 0.25) is 0 Å². The molecule has 0 saturated carbocycles. The van der Waals surface area contributed by atoms with E-state index in [-0.39, 0.29) is 0 Å². The van der Waals surface area contributed by atoms with Crippen molar-refractivity contribution in [1.29, 1.82) is 0 Å². The molecule has 2 N–H and O–H groups in total. The summed E-state index contributed by atoms with van der Waals surface area (Å²) in [7, 11) is 3.52. The van der Waals surface area contributed by atoms with Gasteiger partial charge in [0.1, 0.15) is 11.6 Å². The van der Waals surface area contributed by atoms with Gasteiger partial charge < -0.3 is 20.3 Å². The first-order valence-electron chi connectivity index (χ1n) is 10.5. The van der Waals surface area contributed by atoms with Gasteiger partial charge in [-0.1, -0.05) is 17.7 Å². The number of hydrogen-bond acceptors (Lipinski definition) is 4. The number of nitrogens with one attached hydrogen (secondary N) is 2. The van der Waals surface area contributed by atoms with Crippen LogP contribution >= 0.6 is 0 Å². The zero-order valence-corrected chi connectivity index (χ0v) is 17.9. The van der Waals surface area contributed by atoms with Crippen molar-refractivity contribution in [3.63, 3.8) is 0 Å². The summed E-state index contributed by atoms with van der Waals surface area (Å²) in [4.78, 5) is 11.3. The van der Waals surface area contributed by atoms with Gasteiger partial charge in [0.25, 0.3) is 0 Å². The highest BCUT2D eigenvalue weighted by molar-refractivity contribution is 5.79. The molecular weight excluding hydrogens is 362 g/mol. The number of aryl methyl sites for hydroxylation is 1. The van der Waals surface area contributed by atoms with Crippen molar-refractivity contribution in [3.8, 4) is 5.75 Å². The van der Waals surface area contributed by atoms with E-state index < -0.39 is 0 Å². The average Bonchev–Trinajstić information content (AvgIpc) is 2.77. The van der Waals surface area contributed by atoms with Gasteiger partial charge in [-0.05, 0) is 61.9 Å². The Morgan fingerprint density at radius 3 is 2.72 bits per heavy atom. The number of rotatable bonds is 7. The van der Waals surface area contributed by atoms with Crippen LogP contribution in [0.3, 0.4) is 0 Å². The van der Waals surface area contributed by atoms with Gasteiger partial charge in [0.05, 0.1) is 7.11 Å². The summed E-state index contributed by atoms with van der Waals surface area (Å²) in [5.74, 6) is 2.81. The maximum atomic E-state index is 5.47. The third kappa shape index (κ3) is 6.11. The Labute approximate surface area is 174 Å². The number of anilines is 1. The van der Waals surface area contributed by atoms with Gasteiger partial charge >= 0.3 is 0 Å². The number of aliphatic imine (C=N–C) groups is 1. The molecule has 0 spiro atoms. The predicted molar refractivity (Wildman–Crippen MR) is 120 cm³/mol. The van der Waals surface area contributed by atoms with Crippen LogP contribution in [0.4, 0.5) is 5.82 Å². The summed E-state index contributed by atoms with van der Waals surface area (Å²) in [6.07, 6.45) is 6.62. The first kappa shape index (κ1) is 21.0. The molecule has 2 aromatic rings. The second kappa shape index (κ2) is 10.7. The fraction of sp³-hybridized carbons (Fsp3) is 0.478. The summed E-state index contributed by atoms with van der Waals surface area (Å²) in [5, 5.41) is 6.80. The highest BCUT2D eigenvalue weighted by atomic mass is 16.5.